The van der Waals surface area contributed by atoms with Crippen LogP contribution in [0.25, 0.3) is 5.69 Å². The maximum absolute atomic E-state index is 13.3. The van der Waals surface area contributed by atoms with Crippen LogP contribution < -0.4 is 10.1 Å². The molecule has 1 N–H and O–H groups in total. The summed E-state index contributed by atoms with van der Waals surface area (Å²) >= 11 is 1.51. The lowest BCUT2D eigenvalue weighted by Gasteiger charge is -2.09. The highest BCUT2D eigenvalue weighted by Crippen LogP contribution is 2.27. The van der Waals surface area contributed by atoms with Gasteiger partial charge in [-0.3, -0.25) is 4.79 Å². The molecule has 0 unspecified atom stereocenters. The Morgan fingerprint density at radius 1 is 1.00 bits per heavy atom. The number of nitrogens with zero attached hydrogens (tertiary/aromatic N) is 2. The van der Waals surface area contributed by atoms with Crippen molar-refractivity contribution < 1.29 is 18.3 Å². The number of carbonyl (C=O) groups is 1. The second kappa shape index (κ2) is 9.65. The molecule has 3 aromatic carbocycles. The average Bonchev–Trinajstić information content (AvgIpc) is 3.24. The molecule has 1 heterocycles. The van der Waals surface area contributed by atoms with E-state index < -0.39 is 5.91 Å². The largest absolute Gasteiger partial charge is 0.485 e. The van der Waals surface area contributed by atoms with Gasteiger partial charge in [-0.25, -0.2) is 13.5 Å². The van der Waals surface area contributed by atoms with Crippen molar-refractivity contribution >= 4 is 23.4 Å². The smallest absolute Gasteiger partial charge is 0.280 e. The second-order valence-electron chi connectivity index (χ2n) is 6.83. The van der Waals surface area contributed by atoms with E-state index in [1.165, 1.54) is 40.7 Å². The molecule has 0 radical (unpaired) electrons. The molecule has 4 aromatic rings. The van der Waals surface area contributed by atoms with Gasteiger partial charge in [-0.15, -0.1) is 11.8 Å². The van der Waals surface area contributed by atoms with Crippen LogP contribution in [0.5, 0.6) is 5.75 Å². The second-order valence-corrected chi connectivity index (χ2v) is 7.68. The number of hydrogen-bond acceptors (Lipinski definition) is 4. The molecule has 5 nitrogen and oxygen atoms in total. The predicted molar refractivity (Wildman–Crippen MR) is 120 cm³/mol. The zero-order valence-corrected chi connectivity index (χ0v) is 17.9. The van der Waals surface area contributed by atoms with E-state index >= 15 is 0 Å². The minimum atomic E-state index is -0.443. The Bertz CT molecular complexity index is 1220. The highest BCUT2D eigenvalue weighted by molar-refractivity contribution is 7.98. The molecule has 1 aromatic heterocycles. The summed E-state index contributed by atoms with van der Waals surface area (Å²) in [5, 5.41) is 7.25. The number of amides is 1. The Kier molecular flexibility index (Phi) is 6.51. The average molecular weight is 451 g/mol. The van der Waals surface area contributed by atoms with Gasteiger partial charge in [0.2, 0.25) is 0 Å². The Morgan fingerprint density at radius 2 is 1.66 bits per heavy atom. The van der Waals surface area contributed by atoms with Crippen LogP contribution in [0, 0.1) is 11.6 Å². The van der Waals surface area contributed by atoms with Crippen LogP contribution in [-0.4, -0.2) is 21.9 Å². The fraction of sp³-hybridized carbons (Fsp3) is 0.0833. The summed E-state index contributed by atoms with van der Waals surface area (Å²) in [5.41, 5.74) is 2.04. The van der Waals surface area contributed by atoms with Gasteiger partial charge >= 0.3 is 0 Å². The van der Waals surface area contributed by atoms with E-state index in [0.29, 0.717) is 11.4 Å². The van der Waals surface area contributed by atoms with Crippen molar-refractivity contribution in [3.05, 3.63) is 102 Å². The first-order valence-electron chi connectivity index (χ1n) is 9.70. The summed E-state index contributed by atoms with van der Waals surface area (Å²) in [6.45, 7) is 0.122. The van der Waals surface area contributed by atoms with Crippen molar-refractivity contribution in [2.24, 2.45) is 0 Å². The number of carbonyl (C=O) groups excluding carboxylic acids is 1. The summed E-state index contributed by atoms with van der Waals surface area (Å²) in [4.78, 5) is 14.0. The molecule has 8 heteroatoms. The number of nitrogens with one attached hydrogen (secondary N) is 1. The maximum Gasteiger partial charge on any atom is 0.280 e. The van der Waals surface area contributed by atoms with E-state index in [9.17, 15) is 13.6 Å². The molecule has 4 rings (SSSR count). The molecule has 32 heavy (non-hydrogen) atoms. The van der Waals surface area contributed by atoms with Crippen LogP contribution in [0.4, 0.5) is 14.5 Å². The SMILES string of the molecule is CSc1ccccc1NC(=O)c1nn(-c2ccc(F)cc2)cc1OCc1ccc(F)cc1. The molecule has 0 aliphatic carbocycles. The Balaban J connectivity index is 1.64. The van der Waals surface area contributed by atoms with Crippen molar-refractivity contribution in [1.82, 2.24) is 9.78 Å². The third-order valence-electron chi connectivity index (χ3n) is 4.65. The van der Waals surface area contributed by atoms with Gasteiger partial charge in [-0.2, -0.15) is 5.10 Å². The minimum Gasteiger partial charge on any atom is -0.485 e. The van der Waals surface area contributed by atoms with Gasteiger partial charge in [-0.1, -0.05) is 24.3 Å². The first kappa shape index (κ1) is 21.6. The quantitative estimate of drug-likeness (QED) is 0.366. The van der Waals surface area contributed by atoms with Gasteiger partial charge in [0, 0.05) is 4.90 Å². The first-order valence-corrected chi connectivity index (χ1v) is 10.9. The minimum absolute atomic E-state index is 0.0762. The Morgan fingerprint density at radius 3 is 2.34 bits per heavy atom. The summed E-state index contributed by atoms with van der Waals surface area (Å²) in [6.07, 6.45) is 3.48. The summed E-state index contributed by atoms with van der Waals surface area (Å²) in [6, 6.07) is 19.1. The number of thioether (sulfide) groups is 1. The van der Waals surface area contributed by atoms with Crippen LogP contribution >= 0.6 is 11.8 Å². The molecule has 0 aliphatic rings. The third-order valence-corrected chi connectivity index (χ3v) is 5.45. The van der Waals surface area contributed by atoms with Gasteiger partial charge in [0.1, 0.15) is 18.2 Å². The van der Waals surface area contributed by atoms with Crippen LogP contribution in [0.1, 0.15) is 16.1 Å². The van der Waals surface area contributed by atoms with E-state index in [-0.39, 0.29) is 29.7 Å². The van der Waals surface area contributed by atoms with Crippen molar-refractivity contribution in [2.45, 2.75) is 11.5 Å². The third kappa shape index (κ3) is 4.97. The van der Waals surface area contributed by atoms with E-state index in [0.717, 1.165) is 10.5 Å². The predicted octanol–water partition coefficient (Wildman–Crippen LogP) is 5.70. The number of halogens is 2. The van der Waals surface area contributed by atoms with E-state index in [4.69, 9.17) is 4.74 Å². The van der Waals surface area contributed by atoms with Crippen molar-refractivity contribution in [3.63, 3.8) is 0 Å². The topological polar surface area (TPSA) is 56.2 Å². The molecule has 0 spiro atoms. The van der Waals surface area contributed by atoms with Gasteiger partial charge in [-0.05, 0) is 60.4 Å². The lowest BCUT2D eigenvalue weighted by atomic mass is 10.2. The molecule has 0 saturated heterocycles. The molecule has 0 saturated carbocycles. The summed E-state index contributed by atoms with van der Waals surface area (Å²) in [5.74, 6) is -0.912. The zero-order chi connectivity index (χ0) is 22.5. The molecule has 0 atom stereocenters. The fourth-order valence-electron chi connectivity index (χ4n) is 3.02. The number of rotatable bonds is 7. The normalized spacial score (nSPS) is 10.7. The summed E-state index contributed by atoms with van der Waals surface area (Å²) in [7, 11) is 0. The van der Waals surface area contributed by atoms with E-state index in [1.54, 1.807) is 36.5 Å². The molecule has 1 amide bonds. The molecular weight excluding hydrogens is 432 g/mol. The van der Waals surface area contributed by atoms with Gasteiger partial charge in [0.15, 0.2) is 11.4 Å². The molecule has 162 valence electrons. The van der Waals surface area contributed by atoms with E-state index in [1.807, 2.05) is 24.5 Å². The number of para-hydroxylation sites is 1. The fourth-order valence-corrected chi connectivity index (χ4v) is 3.57. The molecule has 0 bridgehead atoms. The number of benzene rings is 3. The standard InChI is InChI=1S/C24H19F2N3O2S/c1-32-22-5-3-2-4-20(22)27-24(30)23-21(31-15-16-6-8-17(25)9-7-16)14-29(28-23)19-12-10-18(26)11-13-19/h2-14H,15H2,1H3,(H,27,30). The number of aromatic nitrogens is 2. The lowest BCUT2D eigenvalue weighted by molar-refractivity contribution is 0.101. The summed E-state index contributed by atoms with van der Waals surface area (Å²) < 4.78 is 33.8. The van der Waals surface area contributed by atoms with Gasteiger partial charge < -0.3 is 10.1 Å². The van der Waals surface area contributed by atoms with Crippen molar-refractivity contribution in [1.29, 1.82) is 0 Å². The van der Waals surface area contributed by atoms with Gasteiger partial charge in [0.05, 0.1) is 17.6 Å². The lowest BCUT2D eigenvalue weighted by Crippen LogP contribution is -2.15. The zero-order valence-electron chi connectivity index (χ0n) is 17.1. The van der Waals surface area contributed by atoms with Crippen LogP contribution in [-0.2, 0) is 6.61 Å². The maximum atomic E-state index is 13.3. The number of hydrogen-bond donors (Lipinski definition) is 1. The van der Waals surface area contributed by atoms with Crippen LogP contribution in [0.3, 0.4) is 0 Å². The molecule has 0 fully saturated rings. The van der Waals surface area contributed by atoms with Crippen molar-refractivity contribution in [2.75, 3.05) is 11.6 Å². The molecule has 0 aliphatic heterocycles. The Labute approximate surface area is 188 Å². The van der Waals surface area contributed by atoms with Crippen molar-refractivity contribution in [3.8, 4) is 11.4 Å². The Hall–Kier alpha value is -3.65. The van der Waals surface area contributed by atoms with Gasteiger partial charge in [0.25, 0.3) is 5.91 Å². The van der Waals surface area contributed by atoms with E-state index in [2.05, 4.69) is 10.4 Å². The van der Waals surface area contributed by atoms with Crippen LogP contribution in [0.2, 0.25) is 0 Å². The highest BCUT2D eigenvalue weighted by Gasteiger charge is 2.20. The monoisotopic (exact) mass is 451 g/mol. The number of ether oxygens (including phenoxy) is 1. The number of anilines is 1. The first-order chi connectivity index (χ1) is 15.5. The highest BCUT2D eigenvalue weighted by atomic mass is 32.2. The van der Waals surface area contributed by atoms with Crippen LogP contribution in [0.15, 0.2) is 83.9 Å². The molecular formula is C24H19F2N3O2S.